The van der Waals surface area contributed by atoms with Gasteiger partial charge in [-0.25, -0.2) is 0 Å². The highest BCUT2D eigenvalue weighted by atomic mass is 15.2. The fraction of sp³-hybridized carbons (Fsp3) is 1.00. The van der Waals surface area contributed by atoms with Crippen LogP contribution in [0.25, 0.3) is 0 Å². The monoisotopic (exact) mass is 281 g/mol. The van der Waals surface area contributed by atoms with E-state index in [0.29, 0.717) is 0 Å². The number of likely N-dealkylation sites (tertiary alicyclic amines) is 1. The van der Waals surface area contributed by atoms with Gasteiger partial charge in [-0.3, -0.25) is 4.90 Å². The van der Waals surface area contributed by atoms with Crippen molar-refractivity contribution in [2.45, 2.75) is 70.4 Å². The summed E-state index contributed by atoms with van der Waals surface area (Å²) in [6.07, 6.45) is 11.2. The molecule has 1 unspecified atom stereocenters. The summed E-state index contributed by atoms with van der Waals surface area (Å²) in [6.45, 7) is 8.65. The van der Waals surface area contributed by atoms with Crippen LogP contribution < -0.4 is 5.32 Å². The summed E-state index contributed by atoms with van der Waals surface area (Å²) in [5.41, 5.74) is 0. The molecule has 0 amide bonds. The Morgan fingerprint density at radius 3 is 2.65 bits per heavy atom. The van der Waals surface area contributed by atoms with E-state index in [2.05, 4.69) is 29.1 Å². The van der Waals surface area contributed by atoms with Gasteiger partial charge in [-0.2, -0.15) is 0 Å². The Bertz CT molecular complexity index is 253. The highest BCUT2D eigenvalue weighted by Crippen LogP contribution is 2.19. The molecule has 0 aromatic carbocycles. The van der Waals surface area contributed by atoms with Crippen LogP contribution >= 0.6 is 0 Å². The smallest absolute Gasteiger partial charge is 0.0223 e. The van der Waals surface area contributed by atoms with E-state index in [4.69, 9.17) is 0 Å². The number of hydrogen-bond acceptors (Lipinski definition) is 3. The first-order valence-corrected chi connectivity index (χ1v) is 8.95. The predicted octanol–water partition coefficient (Wildman–Crippen LogP) is 2.71. The maximum absolute atomic E-state index is 3.60. The average molecular weight is 281 g/mol. The third kappa shape index (κ3) is 6.11. The highest BCUT2D eigenvalue weighted by Gasteiger charge is 2.23. The number of likely N-dealkylation sites (N-methyl/N-ethyl adjacent to an activating group) is 2. The zero-order valence-corrected chi connectivity index (χ0v) is 13.7. The maximum atomic E-state index is 3.60. The van der Waals surface area contributed by atoms with Crippen LogP contribution in [0.3, 0.4) is 0 Å². The lowest BCUT2D eigenvalue weighted by Gasteiger charge is -2.27. The van der Waals surface area contributed by atoms with Crippen LogP contribution in [0.5, 0.6) is 0 Å². The Labute approximate surface area is 126 Å². The van der Waals surface area contributed by atoms with Crippen LogP contribution in [0, 0.1) is 0 Å². The average Bonchev–Trinajstić information content (AvgIpc) is 3.16. The minimum Gasteiger partial charge on any atom is -0.314 e. The molecule has 2 fully saturated rings. The number of nitrogens with zero attached hydrogens (tertiary/aromatic N) is 2. The summed E-state index contributed by atoms with van der Waals surface area (Å²) in [5.74, 6) is 0. The van der Waals surface area contributed by atoms with E-state index in [-0.39, 0.29) is 0 Å². The lowest BCUT2D eigenvalue weighted by molar-refractivity contribution is 0.197. The Morgan fingerprint density at radius 1 is 1.10 bits per heavy atom. The molecule has 2 rings (SSSR count). The first kappa shape index (κ1) is 16.3. The molecule has 20 heavy (non-hydrogen) atoms. The van der Waals surface area contributed by atoms with Gasteiger partial charge in [0, 0.05) is 18.6 Å². The van der Waals surface area contributed by atoms with Crippen LogP contribution in [0.2, 0.25) is 0 Å². The van der Waals surface area contributed by atoms with Crippen LogP contribution in [-0.2, 0) is 0 Å². The Kier molecular flexibility index (Phi) is 7.32. The maximum Gasteiger partial charge on any atom is 0.0223 e. The van der Waals surface area contributed by atoms with Crippen molar-refractivity contribution in [1.82, 2.24) is 15.1 Å². The van der Waals surface area contributed by atoms with Crippen LogP contribution in [0.4, 0.5) is 0 Å². The highest BCUT2D eigenvalue weighted by molar-refractivity contribution is 4.81. The Balaban J connectivity index is 1.42. The molecule has 0 aromatic heterocycles. The minimum atomic E-state index is 0.827. The Hall–Kier alpha value is -0.120. The number of unbranched alkanes of at least 4 members (excludes halogenated alkanes) is 3. The molecule has 0 bridgehead atoms. The molecule has 1 saturated carbocycles. The summed E-state index contributed by atoms with van der Waals surface area (Å²) in [6, 6.07) is 1.71. The topological polar surface area (TPSA) is 18.5 Å². The van der Waals surface area contributed by atoms with Gasteiger partial charge in [0.25, 0.3) is 0 Å². The molecule has 1 saturated heterocycles. The van der Waals surface area contributed by atoms with Gasteiger partial charge in [0.05, 0.1) is 0 Å². The largest absolute Gasteiger partial charge is 0.314 e. The minimum absolute atomic E-state index is 0.827. The normalized spacial score (nSPS) is 23.9. The molecule has 0 aromatic rings. The molecule has 3 nitrogen and oxygen atoms in total. The van der Waals surface area contributed by atoms with Crippen molar-refractivity contribution in [2.75, 3.05) is 39.8 Å². The molecular formula is C17H35N3. The Morgan fingerprint density at radius 2 is 1.90 bits per heavy atom. The summed E-state index contributed by atoms with van der Waals surface area (Å²) in [4.78, 5) is 5.21. The van der Waals surface area contributed by atoms with Crippen LogP contribution in [0.15, 0.2) is 0 Å². The lowest BCUT2D eigenvalue weighted by atomic mass is 10.1. The molecule has 0 radical (unpaired) electrons. The van der Waals surface area contributed by atoms with Gasteiger partial charge in [-0.1, -0.05) is 19.8 Å². The first-order valence-electron chi connectivity index (χ1n) is 8.95. The first-order chi connectivity index (χ1) is 9.79. The molecule has 1 aliphatic carbocycles. The molecule has 1 aliphatic heterocycles. The van der Waals surface area contributed by atoms with E-state index in [1.165, 1.54) is 84.1 Å². The molecule has 3 heteroatoms. The third-order valence-corrected chi connectivity index (χ3v) is 4.90. The summed E-state index contributed by atoms with van der Waals surface area (Å²) < 4.78 is 0. The lowest BCUT2D eigenvalue weighted by Crippen LogP contribution is -2.39. The summed E-state index contributed by atoms with van der Waals surface area (Å²) >= 11 is 0. The molecule has 0 spiro atoms. The fourth-order valence-corrected chi connectivity index (χ4v) is 3.42. The van der Waals surface area contributed by atoms with Gasteiger partial charge >= 0.3 is 0 Å². The second-order valence-electron chi connectivity index (χ2n) is 6.83. The van der Waals surface area contributed by atoms with E-state index in [1.54, 1.807) is 0 Å². The SMILES string of the molecule is CCN1CCCC1CN(C)CCCCCCNC1CC1. The summed E-state index contributed by atoms with van der Waals surface area (Å²) in [7, 11) is 2.31. The van der Waals surface area contributed by atoms with Crippen molar-refractivity contribution in [3.8, 4) is 0 Å². The van der Waals surface area contributed by atoms with Crippen molar-refractivity contribution >= 4 is 0 Å². The van der Waals surface area contributed by atoms with Crippen molar-refractivity contribution in [1.29, 1.82) is 0 Å². The predicted molar refractivity (Wildman–Crippen MR) is 87.3 cm³/mol. The number of hydrogen-bond donors (Lipinski definition) is 1. The van der Waals surface area contributed by atoms with E-state index in [0.717, 1.165) is 12.1 Å². The number of nitrogens with one attached hydrogen (secondary N) is 1. The van der Waals surface area contributed by atoms with Crippen molar-refractivity contribution in [2.24, 2.45) is 0 Å². The molecule has 2 aliphatic rings. The van der Waals surface area contributed by atoms with Gasteiger partial charge < -0.3 is 10.2 Å². The van der Waals surface area contributed by atoms with Gasteiger partial charge in [-0.15, -0.1) is 0 Å². The quantitative estimate of drug-likeness (QED) is 0.588. The molecule has 1 heterocycles. The zero-order chi connectivity index (χ0) is 14.2. The van der Waals surface area contributed by atoms with Crippen molar-refractivity contribution in [3.63, 3.8) is 0 Å². The van der Waals surface area contributed by atoms with E-state index < -0.39 is 0 Å². The fourth-order valence-electron chi connectivity index (χ4n) is 3.42. The molecule has 118 valence electrons. The molecule has 1 N–H and O–H groups in total. The zero-order valence-electron chi connectivity index (χ0n) is 13.7. The molecule has 1 atom stereocenters. The van der Waals surface area contributed by atoms with Gasteiger partial charge in [0.2, 0.25) is 0 Å². The van der Waals surface area contributed by atoms with Crippen molar-refractivity contribution < 1.29 is 0 Å². The van der Waals surface area contributed by atoms with Crippen LogP contribution in [-0.4, -0.2) is 61.7 Å². The second kappa shape index (κ2) is 9.01. The van der Waals surface area contributed by atoms with Gasteiger partial charge in [0.15, 0.2) is 0 Å². The van der Waals surface area contributed by atoms with Crippen molar-refractivity contribution in [3.05, 3.63) is 0 Å². The van der Waals surface area contributed by atoms with Gasteiger partial charge in [0.1, 0.15) is 0 Å². The van der Waals surface area contributed by atoms with E-state index >= 15 is 0 Å². The summed E-state index contributed by atoms with van der Waals surface area (Å²) in [5, 5.41) is 3.60. The van der Waals surface area contributed by atoms with E-state index in [9.17, 15) is 0 Å². The van der Waals surface area contributed by atoms with Crippen LogP contribution in [0.1, 0.15) is 58.3 Å². The standard InChI is InChI=1S/C17H35N3/c1-3-20-14-8-9-17(20)15-19(2)13-7-5-4-6-12-18-16-10-11-16/h16-18H,3-15H2,1-2H3. The second-order valence-corrected chi connectivity index (χ2v) is 6.83. The van der Waals surface area contributed by atoms with Gasteiger partial charge in [-0.05, 0) is 71.8 Å². The molecular weight excluding hydrogens is 246 g/mol. The third-order valence-electron chi connectivity index (χ3n) is 4.90. The van der Waals surface area contributed by atoms with E-state index in [1.807, 2.05) is 0 Å². The number of rotatable bonds is 11.